The predicted octanol–water partition coefficient (Wildman–Crippen LogP) is 5.12. The highest BCUT2D eigenvalue weighted by Gasteiger charge is 2.30. The number of rotatable bonds is 4. The van der Waals surface area contributed by atoms with Crippen LogP contribution in [0.25, 0.3) is 23.3 Å². The van der Waals surface area contributed by atoms with Gasteiger partial charge in [0.1, 0.15) is 5.69 Å². The fourth-order valence-corrected chi connectivity index (χ4v) is 3.18. The summed E-state index contributed by atoms with van der Waals surface area (Å²) in [6.07, 6.45) is 4.13. The van der Waals surface area contributed by atoms with Crippen molar-refractivity contribution in [3.63, 3.8) is 0 Å². The molecular formula is C18H16BrN3O. The molecule has 0 spiro atoms. The van der Waals surface area contributed by atoms with Gasteiger partial charge in [-0.1, -0.05) is 28.6 Å². The molecule has 1 aliphatic rings. The van der Waals surface area contributed by atoms with Crippen LogP contribution in [0.2, 0.25) is 0 Å². The summed E-state index contributed by atoms with van der Waals surface area (Å²) in [5.41, 5.74) is 4.05. The van der Waals surface area contributed by atoms with Crippen LogP contribution in [0.15, 0.2) is 45.8 Å². The van der Waals surface area contributed by atoms with E-state index in [4.69, 9.17) is 4.42 Å². The van der Waals surface area contributed by atoms with Crippen LogP contribution >= 0.6 is 15.9 Å². The smallest absolute Gasteiger partial charge is 0.264 e. The van der Waals surface area contributed by atoms with Crippen LogP contribution < -0.4 is 0 Å². The minimum absolute atomic E-state index is 0.449. The molecule has 1 saturated carbocycles. The van der Waals surface area contributed by atoms with Gasteiger partial charge < -0.3 is 8.98 Å². The molecule has 2 heterocycles. The normalized spacial score (nSPS) is 14.2. The van der Waals surface area contributed by atoms with E-state index >= 15 is 0 Å². The Kier molecular flexibility index (Phi) is 3.45. The zero-order valence-electron chi connectivity index (χ0n) is 12.8. The van der Waals surface area contributed by atoms with E-state index in [9.17, 15) is 0 Å². The molecule has 0 bridgehead atoms. The molecule has 1 aliphatic carbocycles. The summed E-state index contributed by atoms with van der Waals surface area (Å²) < 4.78 is 9.06. The summed E-state index contributed by atoms with van der Waals surface area (Å²) in [6.45, 7) is 5.99. The molecule has 0 radical (unpaired) electrons. The molecule has 0 aliphatic heterocycles. The molecule has 0 unspecified atom stereocenters. The van der Waals surface area contributed by atoms with E-state index in [0.717, 1.165) is 45.8 Å². The third-order valence-corrected chi connectivity index (χ3v) is 4.56. The fourth-order valence-electron chi connectivity index (χ4n) is 2.79. The summed E-state index contributed by atoms with van der Waals surface area (Å²) in [4.78, 5) is 0. The highest BCUT2D eigenvalue weighted by atomic mass is 79.9. The maximum atomic E-state index is 5.94. The van der Waals surface area contributed by atoms with Gasteiger partial charge in [0, 0.05) is 21.8 Å². The van der Waals surface area contributed by atoms with Gasteiger partial charge >= 0.3 is 0 Å². The van der Waals surface area contributed by atoms with Crippen molar-refractivity contribution < 1.29 is 4.42 Å². The molecular weight excluding hydrogens is 354 g/mol. The first kappa shape index (κ1) is 14.5. The summed E-state index contributed by atoms with van der Waals surface area (Å²) in [5.74, 6) is 1.77. The summed E-state index contributed by atoms with van der Waals surface area (Å²) >= 11 is 3.53. The van der Waals surface area contributed by atoms with E-state index in [1.807, 2.05) is 18.2 Å². The maximum absolute atomic E-state index is 5.94. The second-order valence-corrected chi connectivity index (χ2v) is 6.76. The Bertz CT molecular complexity index is 890. The lowest BCUT2D eigenvalue weighted by molar-refractivity contribution is 0.505. The van der Waals surface area contributed by atoms with Crippen molar-refractivity contribution >= 4 is 22.0 Å². The number of hydrogen-bond donors (Lipinski definition) is 0. The Morgan fingerprint density at radius 1 is 1.30 bits per heavy atom. The van der Waals surface area contributed by atoms with Crippen molar-refractivity contribution in [3.05, 3.63) is 58.5 Å². The minimum atomic E-state index is 0.449. The summed E-state index contributed by atoms with van der Waals surface area (Å²) in [7, 11) is 0. The number of halogens is 1. The second kappa shape index (κ2) is 5.49. The SMILES string of the molecule is C=Cc1cc(C)c(-c2nnc(C3CC3)o2)n1-c1cccc(Br)c1. The van der Waals surface area contributed by atoms with Crippen molar-refractivity contribution in [2.45, 2.75) is 25.7 Å². The number of benzene rings is 1. The van der Waals surface area contributed by atoms with Gasteiger partial charge in [0.05, 0.1) is 0 Å². The van der Waals surface area contributed by atoms with Crippen LogP contribution in [-0.4, -0.2) is 14.8 Å². The summed E-state index contributed by atoms with van der Waals surface area (Å²) in [6, 6.07) is 10.2. The van der Waals surface area contributed by atoms with Crippen molar-refractivity contribution in [1.29, 1.82) is 0 Å². The summed E-state index contributed by atoms with van der Waals surface area (Å²) in [5, 5.41) is 8.50. The number of hydrogen-bond acceptors (Lipinski definition) is 3. The molecule has 2 aromatic heterocycles. The van der Waals surface area contributed by atoms with Gasteiger partial charge in [-0.3, -0.25) is 0 Å². The van der Waals surface area contributed by atoms with Crippen LogP contribution in [0.3, 0.4) is 0 Å². The molecule has 4 nitrogen and oxygen atoms in total. The third kappa shape index (κ3) is 2.55. The standard InChI is InChI=1S/C18H16BrN3O/c1-3-14-9-11(2)16(18-21-20-17(23-18)12-7-8-12)22(14)15-6-4-5-13(19)10-15/h3-6,9-10,12H,1,7-8H2,2H3. The topological polar surface area (TPSA) is 43.9 Å². The first-order valence-electron chi connectivity index (χ1n) is 7.62. The quantitative estimate of drug-likeness (QED) is 0.640. The Labute approximate surface area is 143 Å². The molecule has 5 heteroatoms. The molecule has 23 heavy (non-hydrogen) atoms. The van der Waals surface area contributed by atoms with E-state index in [1.54, 1.807) is 0 Å². The Hall–Kier alpha value is -2.14. The average Bonchev–Trinajstić information content (AvgIpc) is 3.18. The van der Waals surface area contributed by atoms with Crippen molar-refractivity contribution in [2.24, 2.45) is 0 Å². The van der Waals surface area contributed by atoms with Gasteiger partial charge in [0.15, 0.2) is 0 Å². The molecule has 0 amide bonds. The van der Waals surface area contributed by atoms with Crippen LogP contribution in [0, 0.1) is 6.92 Å². The molecule has 4 rings (SSSR count). The zero-order chi connectivity index (χ0) is 16.0. The molecule has 3 aromatic rings. The zero-order valence-corrected chi connectivity index (χ0v) is 14.4. The Balaban J connectivity index is 1.91. The molecule has 1 aromatic carbocycles. The van der Waals surface area contributed by atoms with E-state index in [1.165, 1.54) is 0 Å². The molecule has 1 fully saturated rings. The average molecular weight is 370 g/mol. The van der Waals surface area contributed by atoms with E-state index in [-0.39, 0.29) is 0 Å². The second-order valence-electron chi connectivity index (χ2n) is 5.84. The minimum Gasteiger partial charge on any atom is -0.419 e. The lowest BCUT2D eigenvalue weighted by Crippen LogP contribution is -2.00. The van der Waals surface area contributed by atoms with Crippen LogP contribution in [-0.2, 0) is 0 Å². The van der Waals surface area contributed by atoms with Gasteiger partial charge in [-0.25, -0.2) is 0 Å². The number of aryl methyl sites for hydroxylation is 1. The van der Waals surface area contributed by atoms with E-state index in [0.29, 0.717) is 11.8 Å². The van der Waals surface area contributed by atoms with Crippen molar-refractivity contribution in [2.75, 3.05) is 0 Å². The van der Waals surface area contributed by atoms with Gasteiger partial charge in [-0.05, 0) is 55.7 Å². The highest BCUT2D eigenvalue weighted by molar-refractivity contribution is 9.10. The Morgan fingerprint density at radius 3 is 2.83 bits per heavy atom. The van der Waals surface area contributed by atoms with Gasteiger partial charge in [0.25, 0.3) is 5.89 Å². The molecule has 0 atom stereocenters. The van der Waals surface area contributed by atoms with Crippen LogP contribution in [0.5, 0.6) is 0 Å². The van der Waals surface area contributed by atoms with Crippen LogP contribution in [0.4, 0.5) is 0 Å². The number of nitrogens with zero attached hydrogens (tertiary/aromatic N) is 3. The number of aromatic nitrogens is 3. The van der Waals surface area contributed by atoms with Gasteiger partial charge in [0.2, 0.25) is 5.89 Å². The monoisotopic (exact) mass is 369 g/mol. The van der Waals surface area contributed by atoms with Crippen molar-refractivity contribution in [1.82, 2.24) is 14.8 Å². The maximum Gasteiger partial charge on any atom is 0.264 e. The van der Waals surface area contributed by atoms with E-state index < -0.39 is 0 Å². The molecule has 116 valence electrons. The van der Waals surface area contributed by atoms with Gasteiger partial charge in [-0.2, -0.15) is 0 Å². The first-order valence-corrected chi connectivity index (χ1v) is 8.41. The molecule has 0 saturated heterocycles. The van der Waals surface area contributed by atoms with Gasteiger partial charge in [-0.15, -0.1) is 10.2 Å². The van der Waals surface area contributed by atoms with E-state index in [2.05, 4.69) is 62.4 Å². The lowest BCUT2D eigenvalue weighted by Gasteiger charge is -2.11. The molecule has 0 N–H and O–H groups in total. The first-order chi connectivity index (χ1) is 11.2. The third-order valence-electron chi connectivity index (χ3n) is 4.07. The Morgan fingerprint density at radius 2 is 2.13 bits per heavy atom. The van der Waals surface area contributed by atoms with Crippen molar-refractivity contribution in [3.8, 4) is 17.3 Å². The lowest BCUT2D eigenvalue weighted by atomic mass is 10.2. The predicted molar refractivity (Wildman–Crippen MR) is 93.6 cm³/mol. The largest absolute Gasteiger partial charge is 0.419 e. The van der Waals surface area contributed by atoms with Crippen LogP contribution in [0.1, 0.15) is 35.9 Å². The fraction of sp³-hybridized carbons (Fsp3) is 0.222. The highest BCUT2D eigenvalue weighted by Crippen LogP contribution is 2.40.